The van der Waals surface area contributed by atoms with Crippen LogP contribution >= 0.6 is 12.4 Å². The summed E-state index contributed by atoms with van der Waals surface area (Å²) in [5.41, 5.74) is 1.07. The number of hydrogen-bond acceptors (Lipinski definition) is 4. The minimum Gasteiger partial charge on any atom is -0.324 e. The van der Waals surface area contributed by atoms with Crippen LogP contribution in [0.25, 0.3) is 10.9 Å². The highest BCUT2D eigenvalue weighted by molar-refractivity contribution is 5.91. The van der Waals surface area contributed by atoms with Crippen molar-refractivity contribution in [3.8, 4) is 0 Å². The molecule has 0 saturated heterocycles. The van der Waals surface area contributed by atoms with Gasteiger partial charge < -0.3 is 10.6 Å². The zero-order valence-corrected chi connectivity index (χ0v) is 16.3. The summed E-state index contributed by atoms with van der Waals surface area (Å²) in [5.74, 6) is -0.811. The van der Waals surface area contributed by atoms with E-state index < -0.39 is 23.0 Å². The first-order valence-corrected chi connectivity index (χ1v) is 9.07. The zero-order valence-electron chi connectivity index (χ0n) is 15.5. The van der Waals surface area contributed by atoms with E-state index in [1.54, 1.807) is 36.4 Å². The second kappa shape index (κ2) is 8.59. The van der Waals surface area contributed by atoms with Gasteiger partial charge in [0.15, 0.2) is 0 Å². The van der Waals surface area contributed by atoms with E-state index in [2.05, 4.69) is 15.6 Å². The number of H-pyrrole nitrogens is 1. The average molecular weight is 419 g/mol. The van der Waals surface area contributed by atoms with Gasteiger partial charge in [-0.1, -0.05) is 18.2 Å². The number of anilines is 1. The van der Waals surface area contributed by atoms with Crippen LogP contribution in [-0.4, -0.2) is 22.0 Å². The Morgan fingerprint density at radius 3 is 2.79 bits per heavy atom. The van der Waals surface area contributed by atoms with Gasteiger partial charge in [-0.25, -0.2) is 9.18 Å². The highest BCUT2D eigenvalue weighted by atomic mass is 35.5. The van der Waals surface area contributed by atoms with Crippen LogP contribution in [0.15, 0.2) is 46.0 Å². The topological polar surface area (TPSA) is 96.0 Å². The number of halogens is 2. The molecule has 0 radical (unpaired) electrons. The van der Waals surface area contributed by atoms with Crippen LogP contribution in [0.4, 0.5) is 10.1 Å². The summed E-state index contributed by atoms with van der Waals surface area (Å²) in [4.78, 5) is 38.6. The molecule has 1 aliphatic rings. The molecule has 9 heteroatoms. The lowest BCUT2D eigenvalue weighted by Crippen LogP contribution is -2.31. The summed E-state index contributed by atoms with van der Waals surface area (Å²) in [5, 5.41) is 6.14. The average Bonchev–Trinajstić information content (AvgIpc) is 2.70. The van der Waals surface area contributed by atoms with Gasteiger partial charge in [0, 0.05) is 19.5 Å². The second-order valence-corrected chi connectivity index (χ2v) is 6.72. The summed E-state index contributed by atoms with van der Waals surface area (Å²) >= 11 is 0. The zero-order chi connectivity index (χ0) is 19.7. The van der Waals surface area contributed by atoms with Crippen LogP contribution in [0.1, 0.15) is 17.5 Å². The molecule has 0 unspecified atom stereocenters. The first-order valence-electron chi connectivity index (χ1n) is 9.07. The maximum Gasteiger partial charge on any atom is 0.328 e. The van der Waals surface area contributed by atoms with Crippen molar-refractivity contribution in [3.05, 3.63) is 74.2 Å². The molecule has 3 N–H and O–H groups in total. The van der Waals surface area contributed by atoms with Crippen LogP contribution in [0.3, 0.4) is 0 Å². The van der Waals surface area contributed by atoms with Crippen molar-refractivity contribution < 1.29 is 9.18 Å². The van der Waals surface area contributed by atoms with Crippen molar-refractivity contribution in [1.82, 2.24) is 14.9 Å². The van der Waals surface area contributed by atoms with Gasteiger partial charge in [0.1, 0.15) is 5.82 Å². The fourth-order valence-electron chi connectivity index (χ4n) is 3.52. The molecule has 4 rings (SSSR count). The van der Waals surface area contributed by atoms with E-state index in [0.29, 0.717) is 36.0 Å². The monoisotopic (exact) mass is 418 g/mol. The van der Waals surface area contributed by atoms with E-state index >= 15 is 0 Å². The molecule has 1 aliphatic heterocycles. The fraction of sp³-hybridized carbons (Fsp3) is 0.250. The van der Waals surface area contributed by atoms with Crippen molar-refractivity contribution in [2.75, 3.05) is 11.9 Å². The first-order chi connectivity index (χ1) is 13.5. The molecule has 2 aromatic carbocycles. The molecular formula is C20H20ClFN4O3. The quantitative estimate of drug-likeness (QED) is 0.603. The second-order valence-electron chi connectivity index (χ2n) is 6.72. The van der Waals surface area contributed by atoms with Gasteiger partial charge in [0.05, 0.1) is 16.6 Å². The summed E-state index contributed by atoms with van der Waals surface area (Å²) in [6, 6.07) is 10.0. The predicted octanol–water partition coefficient (Wildman–Crippen LogP) is 1.93. The SMILES string of the molecule is Cl.O=C(CCn1c(=O)[nH]c(=O)c2ccccc21)Nc1ccc2c(c1F)CCNC2. The lowest BCUT2D eigenvalue weighted by molar-refractivity contribution is -0.116. The Morgan fingerprint density at radius 2 is 1.97 bits per heavy atom. The number of nitrogens with zero attached hydrogens (tertiary/aromatic N) is 1. The Labute approximate surface area is 171 Å². The Balaban J connectivity index is 0.00000240. The fourth-order valence-corrected chi connectivity index (χ4v) is 3.52. The van der Waals surface area contributed by atoms with Crippen LogP contribution in [0.5, 0.6) is 0 Å². The molecule has 1 amide bonds. The van der Waals surface area contributed by atoms with Crippen molar-refractivity contribution in [2.24, 2.45) is 0 Å². The summed E-state index contributed by atoms with van der Waals surface area (Å²) in [7, 11) is 0. The molecule has 0 fully saturated rings. The Kier molecular flexibility index (Phi) is 6.14. The normalized spacial score (nSPS) is 12.9. The largest absolute Gasteiger partial charge is 0.328 e. The van der Waals surface area contributed by atoms with Gasteiger partial charge in [-0.3, -0.25) is 19.1 Å². The van der Waals surface area contributed by atoms with E-state index in [0.717, 1.165) is 5.56 Å². The Bertz CT molecular complexity index is 1190. The lowest BCUT2D eigenvalue weighted by atomic mass is 9.99. The molecule has 0 bridgehead atoms. The molecule has 0 saturated carbocycles. The van der Waals surface area contributed by atoms with Gasteiger partial charge in [0.25, 0.3) is 5.56 Å². The number of benzene rings is 2. The molecule has 7 nitrogen and oxygen atoms in total. The summed E-state index contributed by atoms with van der Waals surface area (Å²) in [6.07, 6.45) is 0.539. The van der Waals surface area contributed by atoms with Crippen molar-refractivity contribution >= 4 is 34.9 Å². The van der Waals surface area contributed by atoms with Crippen molar-refractivity contribution in [1.29, 1.82) is 0 Å². The number of carbonyl (C=O) groups is 1. The van der Waals surface area contributed by atoms with E-state index in [1.807, 2.05) is 0 Å². The third-order valence-electron chi connectivity index (χ3n) is 4.95. The number of rotatable bonds is 4. The number of hydrogen-bond donors (Lipinski definition) is 3. The molecule has 0 atom stereocenters. The van der Waals surface area contributed by atoms with E-state index in [4.69, 9.17) is 0 Å². The summed E-state index contributed by atoms with van der Waals surface area (Å²) in [6.45, 7) is 1.38. The van der Waals surface area contributed by atoms with Crippen LogP contribution < -0.4 is 21.9 Å². The number of nitrogens with one attached hydrogen (secondary N) is 3. The molecule has 2 heterocycles. The third-order valence-corrected chi connectivity index (χ3v) is 4.95. The van der Waals surface area contributed by atoms with Crippen LogP contribution in [-0.2, 0) is 24.3 Å². The number of aromatic amines is 1. The molecule has 152 valence electrons. The van der Waals surface area contributed by atoms with Crippen LogP contribution in [0.2, 0.25) is 0 Å². The van der Waals surface area contributed by atoms with E-state index in [-0.39, 0.29) is 31.1 Å². The lowest BCUT2D eigenvalue weighted by Gasteiger charge is -2.19. The highest BCUT2D eigenvalue weighted by Gasteiger charge is 2.17. The van der Waals surface area contributed by atoms with Gasteiger partial charge in [-0.2, -0.15) is 0 Å². The maximum absolute atomic E-state index is 14.7. The Morgan fingerprint density at radius 1 is 1.17 bits per heavy atom. The Hall–Kier alpha value is -2.97. The predicted molar refractivity (Wildman–Crippen MR) is 111 cm³/mol. The first kappa shape index (κ1) is 20.8. The van der Waals surface area contributed by atoms with Gasteiger partial charge >= 0.3 is 5.69 Å². The minimum atomic E-state index is -0.580. The number of aromatic nitrogens is 2. The van der Waals surface area contributed by atoms with E-state index in [1.165, 1.54) is 4.57 Å². The number of aryl methyl sites for hydroxylation is 1. The highest BCUT2D eigenvalue weighted by Crippen LogP contribution is 2.24. The molecule has 0 aliphatic carbocycles. The van der Waals surface area contributed by atoms with Gasteiger partial charge in [0.2, 0.25) is 5.91 Å². The molecule has 3 aromatic rings. The molecule has 29 heavy (non-hydrogen) atoms. The number of fused-ring (bicyclic) bond motifs is 2. The number of amides is 1. The van der Waals surface area contributed by atoms with Gasteiger partial charge in [-0.15, -0.1) is 12.4 Å². The van der Waals surface area contributed by atoms with Crippen molar-refractivity contribution in [2.45, 2.75) is 25.9 Å². The number of para-hydroxylation sites is 1. The molecule has 1 aromatic heterocycles. The van der Waals surface area contributed by atoms with Crippen molar-refractivity contribution in [3.63, 3.8) is 0 Å². The van der Waals surface area contributed by atoms with Crippen LogP contribution in [0, 0.1) is 5.82 Å². The maximum atomic E-state index is 14.7. The van der Waals surface area contributed by atoms with E-state index in [9.17, 15) is 18.8 Å². The van der Waals surface area contributed by atoms with Gasteiger partial charge in [-0.05, 0) is 42.3 Å². The minimum absolute atomic E-state index is 0. The molecular weight excluding hydrogens is 399 g/mol. The summed E-state index contributed by atoms with van der Waals surface area (Å²) < 4.78 is 16.0. The number of carbonyl (C=O) groups excluding carboxylic acids is 1. The third kappa shape index (κ3) is 4.08. The molecule has 0 spiro atoms. The standard InChI is InChI=1S/C20H19FN4O3.ClH/c21-18-13-7-9-22-11-12(13)5-6-15(18)23-17(26)8-10-25-16-4-2-1-3-14(16)19(27)24-20(25)28;/h1-6,22H,7-11H2,(H,23,26)(H,24,27,28);1H. The smallest absolute Gasteiger partial charge is 0.324 e.